The van der Waals surface area contributed by atoms with Gasteiger partial charge in [-0.25, -0.2) is 0 Å². The van der Waals surface area contributed by atoms with Crippen molar-refractivity contribution in [3.05, 3.63) is 59.7 Å². The summed E-state index contributed by atoms with van der Waals surface area (Å²) in [4.78, 5) is 0. The van der Waals surface area contributed by atoms with Crippen LogP contribution in [0.25, 0.3) is 21.5 Å². The largest absolute Gasteiger partial charge is 0.387 e. The highest BCUT2D eigenvalue weighted by Gasteiger charge is 2.40. The van der Waals surface area contributed by atoms with Gasteiger partial charge in [-0.3, -0.25) is 0 Å². The van der Waals surface area contributed by atoms with Crippen LogP contribution in [0, 0.1) is 0 Å². The van der Waals surface area contributed by atoms with E-state index in [9.17, 15) is 20.4 Å². The van der Waals surface area contributed by atoms with E-state index in [1.54, 1.807) is 6.07 Å². The molecular formula is C18H16O4. The van der Waals surface area contributed by atoms with Crippen LogP contribution in [0.3, 0.4) is 0 Å². The lowest BCUT2D eigenvalue weighted by Crippen LogP contribution is -2.41. The Morgan fingerprint density at radius 2 is 1.27 bits per heavy atom. The van der Waals surface area contributed by atoms with Gasteiger partial charge in [-0.1, -0.05) is 36.4 Å². The summed E-state index contributed by atoms with van der Waals surface area (Å²) in [6.45, 7) is 0. The van der Waals surface area contributed by atoms with Crippen molar-refractivity contribution in [3.63, 3.8) is 0 Å². The first-order chi connectivity index (χ1) is 10.6. The van der Waals surface area contributed by atoms with E-state index < -0.39 is 24.4 Å². The molecule has 4 atom stereocenters. The number of aliphatic hydroxyl groups excluding tert-OH is 4. The zero-order valence-electron chi connectivity index (χ0n) is 11.7. The van der Waals surface area contributed by atoms with Crippen LogP contribution in [0.4, 0.5) is 0 Å². The van der Waals surface area contributed by atoms with E-state index in [0.29, 0.717) is 11.1 Å². The van der Waals surface area contributed by atoms with E-state index >= 15 is 0 Å². The van der Waals surface area contributed by atoms with Gasteiger partial charge < -0.3 is 20.4 Å². The lowest BCUT2D eigenvalue weighted by molar-refractivity contribution is -0.119. The fourth-order valence-corrected chi connectivity index (χ4v) is 3.37. The molecule has 3 aromatic rings. The molecule has 0 bridgehead atoms. The van der Waals surface area contributed by atoms with Crippen molar-refractivity contribution in [1.29, 1.82) is 0 Å². The molecule has 4 rings (SSSR count). The molecule has 4 N–H and O–H groups in total. The summed E-state index contributed by atoms with van der Waals surface area (Å²) in [6.07, 6.45) is -5.22. The Hall–Kier alpha value is -1.98. The van der Waals surface area contributed by atoms with Gasteiger partial charge in [-0.05, 0) is 44.8 Å². The Labute approximate surface area is 126 Å². The van der Waals surface area contributed by atoms with E-state index in [-0.39, 0.29) is 0 Å². The molecule has 1 aliphatic carbocycles. The van der Waals surface area contributed by atoms with Crippen LogP contribution in [0.5, 0.6) is 0 Å². The van der Waals surface area contributed by atoms with E-state index in [1.807, 2.05) is 42.5 Å². The molecule has 0 saturated carbocycles. The fraction of sp³-hybridized carbons (Fsp3) is 0.222. The van der Waals surface area contributed by atoms with Gasteiger partial charge in [0, 0.05) is 0 Å². The maximum absolute atomic E-state index is 10.4. The second-order valence-electron chi connectivity index (χ2n) is 5.86. The molecule has 0 fully saturated rings. The molecule has 4 nitrogen and oxygen atoms in total. The molecule has 0 amide bonds. The zero-order chi connectivity index (χ0) is 15.4. The molecule has 4 heteroatoms. The van der Waals surface area contributed by atoms with E-state index in [2.05, 4.69) is 0 Å². The Kier molecular flexibility index (Phi) is 2.96. The van der Waals surface area contributed by atoms with Crippen molar-refractivity contribution in [2.75, 3.05) is 0 Å². The molecule has 0 heterocycles. The molecule has 0 unspecified atom stereocenters. The number of aliphatic hydroxyl groups is 4. The van der Waals surface area contributed by atoms with E-state index in [1.165, 1.54) is 0 Å². The van der Waals surface area contributed by atoms with E-state index in [4.69, 9.17) is 0 Å². The molecule has 112 valence electrons. The summed E-state index contributed by atoms with van der Waals surface area (Å²) in [6, 6.07) is 15.4. The predicted molar refractivity (Wildman–Crippen MR) is 83.4 cm³/mol. The molecule has 1 aliphatic rings. The van der Waals surface area contributed by atoms with Crippen LogP contribution >= 0.6 is 0 Å². The first kappa shape index (κ1) is 13.7. The smallest absolute Gasteiger partial charge is 0.113 e. The van der Waals surface area contributed by atoms with Crippen LogP contribution in [-0.4, -0.2) is 32.6 Å². The van der Waals surface area contributed by atoms with Gasteiger partial charge in [0.2, 0.25) is 0 Å². The van der Waals surface area contributed by atoms with Crippen LogP contribution < -0.4 is 0 Å². The summed E-state index contributed by atoms with van der Waals surface area (Å²) in [7, 11) is 0. The minimum atomic E-state index is -1.40. The van der Waals surface area contributed by atoms with E-state index in [0.717, 1.165) is 21.5 Å². The number of benzene rings is 3. The summed E-state index contributed by atoms with van der Waals surface area (Å²) in [5.41, 5.74) is 0.960. The fourth-order valence-electron chi connectivity index (χ4n) is 3.37. The Bertz CT molecular complexity index is 873. The maximum atomic E-state index is 10.4. The summed E-state index contributed by atoms with van der Waals surface area (Å²) in [5, 5.41) is 44.2. The lowest BCUT2D eigenvalue weighted by atomic mass is 9.80. The molecule has 0 aliphatic heterocycles. The summed E-state index contributed by atoms with van der Waals surface area (Å²) < 4.78 is 0. The summed E-state index contributed by atoms with van der Waals surface area (Å²) in [5.74, 6) is 0. The molecule has 3 aromatic carbocycles. The van der Waals surface area contributed by atoms with Gasteiger partial charge in [0.25, 0.3) is 0 Å². The Morgan fingerprint density at radius 1 is 0.636 bits per heavy atom. The van der Waals surface area contributed by atoms with Gasteiger partial charge in [-0.2, -0.15) is 0 Å². The molecule has 0 aromatic heterocycles. The van der Waals surface area contributed by atoms with Gasteiger partial charge in [0.15, 0.2) is 0 Å². The maximum Gasteiger partial charge on any atom is 0.113 e. The minimum absolute atomic E-state index is 0.466. The molecule has 0 radical (unpaired) electrons. The van der Waals surface area contributed by atoms with Crippen molar-refractivity contribution in [1.82, 2.24) is 0 Å². The quantitative estimate of drug-likeness (QED) is 0.477. The standard InChI is InChI=1S/C18H16O4/c19-15-12-6-5-11-7-9-3-1-2-4-10(9)8-13(11)14(12)16(20)18(22)17(15)21/h1-8,15-22H/t15-,16-,17+,18+/m0/s1. The first-order valence-corrected chi connectivity index (χ1v) is 7.25. The molecule has 0 spiro atoms. The average Bonchev–Trinajstić information content (AvgIpc) is 2.55. The molecule has 22 heavy (non-hydrogen) atoms. The number of hydrogen-bond acceptors (Lipinski definition) is 4. The number of fused-ring (bicyclic) bond motifs is 4. The third kappa shape index (κ3) is 1.79. The monoisotopic (exact) mass is 296 g/mol. The highest BCUT2D eigenvalue weighted by Crippen LogP contribution is 2.41. The second kappa shape index (κ2) is 4.76. The number of hydrogen-bond donors (Lipinski definition) is 4. The number of rotatable bonds is 0. The Balaban J connectivity index is 2.08. The Morgan fingerprint density at radius 3 is 2.00 bits per heavy atom. The highest BCUT2D eigenvalue weighted by molar-refractivity contribution is 6.00. The van der Waals surface area contributed by atoms with Gasteiger partial charge in [0.1, 0.15) is 24.4 Å². The summed E-state index contributed by atoms with van der Waals surface area (Å²) >= 11 is 0. The van der Waals surface area contributed by atoms with Crippen molar-refractivity contribution >= 4 is 21.5 Å². The second-order valence-corrected chi connectivity index (χ2v) is 5.86. The van der Waals surface area contributed by atoms with Gasteiger partial charge in [-0.15, -0.1) is 0 Å². The topological polar surface area (TPSA) is 80.9 Å². The normalized spacial score (nSPS) is 28.0. The third-order valence-electron chi connectivity index (χ3n) is 4.57. The van der Waals surface area contributed by atoms with Crippen molar-refractivity contribution < 1.29 is 20.4 Å². The third-order valence-corrected chi connectivity index (χ3v) is 4.57. The van der Waals surface area contributed by atoms with Crippen LogP contribution in [-0.2, 0) is 0 Å². The SMILES string of the molecule is O[C@H]1[C@H](O)[C@@H](O)c2c(ccc3cc4ccccc4cc23)[C@@H]1O. The lowest BCUT2D eigenvalue weighted by Gasteiger charge is -2.35. The van der Waals surface area contributed by atoms with Crippen LogP contribution in [0.2, 0.25) is 0 Å². The highest BCUT2D eigenvalue weighted by atomic mass is 16.4. The van der Waals surface area contributed by atoms with Crippen molar-refractivity contribution in [3.8, 4) is 0 Å². The zero-order valence-corrected chi connectivity index (χ0v) is 11.7. The first-order valence-electron chi connectivity index (χ1n) is 7.25. The predicted octanol–water partition coefficient (Wildman–Crippen LogP) is 1.80. The van der Waals surface area contributed by atoms with Gasteiger partial charge in [0.05, 0.1) is 0 Å². The van der Waals surface area contributed by atoms with Crippen molar-refractivity contribution in [2.24, 2.45) is 0 Å². The van der Waals surface area contributed by atoms with Crippen LogP contribution in [0.1, 0.15) is 23.3 Å². The van der Waals surface area contributed by atoms with Crippen LogP contribution in [0.15, 0.2) is 48.5 Å². The van der Waals surface area contributed by atoms with Crippen molar-refractivity contribution in [2.45, 2.75) is 24.4 Å². The average molecular weight is 296 g/mol. The minimum Gasteiger partial charge on any atom is -0.387 e. The van der Waals surface area contributed by atoms with Gasteiger partial charge >= 0.3 is 0 Å². The molecular weight excluding hydrogens is 280 g/mol. The molecule has 0 saturated heterocycles.